The summed E-state index contributed by atoms with van der Waals surface area (Å²) in [7, 11) is -4.16. The molecule has 1 aromatic heterocycles. The minimum Gasteiger partial charge on any atom is -0.870 e. The molecule has 0 aliphatic heterocycles. The Hall–Kier alpha value is -3.44. The van der Waals surface area contributed by atoms with Gasteiger partial charge in [-0.15, -0.1) is 0 Å². The van der Waals surface area contributed by atoms with E-state index >= 15 is 0 Å². The van der Waals surface area contributed by atoms with Crippen LogP contribution in [0.3, 0.4) is 0 Å². The van der Waals surface area contributed by atoms with Crippen molar-refractivity contribution in [1.82, 2.24) is 0 Å². The molecule has 0 bridgehead atoms. The number of methoxy groups -OCH3 is 1. The molecule has 0 radical (unpaired) electrons. The maximum Gasteiger partial charge on any atom is 0.262 e. The highest BCUT2D eigenvalue weighted by Gasteiger charge is 2.23. The van der Waals surface area contributed by atoms with Crippen LogP contribution >= 0.6 is 0 Å². The highest BCUT2D eigenvalue weighted by molar-refractivity contribution is 7.81. The van der Waals surface area contributed by atoms with Gasteiger partial charge in [-0.3, -0.25) is 4.79 Å². The van der Waals surface area contributed by atoms with Gasteiger partial charge in [0.05, 0.1) is 7.11 Å². The molecule has 0 saturated heterocycles. The van der Waals surface area contributed by atoms with E-state index in [9.17, 15) is 33.1 Å². The molecule has 0 aliphatic carbocycles. The van der Waals surface area contributed by atoms with Gasteiger partial charge in [0.15, 0.2) is 5.76 Å². The highest BCUT2D eigenvalue weighted by Crippen LogP contribution is 2.38. The van der Waals surface area contributed by atoms with Crippen molar-refractivity contribution in [3.63, 3.8) is 0 Å². The molecule has 0 spiro atoms. The van der Waals surface area contributed by atoms with Crippen molar-refractivity contribution in [2.24, 2.45) is 0 Å². The second-order valence-corrected chi connectivity index (χ2v) is 6.27. The first kappa shape index (κ1) is 18.4. The number of phenolic OH excluding ortho intramolecular Hbond substituents is 2. The van der Waals surface area contributed by atoms with Crippen molar-refractivity contribution >= 4 is 21.4 Å². The minimum absolute atomic E-state index is 0.0214. The van der Waals surface area contributed by atoms with Gasteiger partial charge >= 0.3 is 0 Å². The summed E-state index contributed by atoms with van der Waals surface area (Å²) in [6.07, 6.45) is 0. The molecule has 0 atom stereocenters. The lowest BCUT2D eigenvalue weighted by atomic mass is 10.1. The lowest BCUT2D eigenvalue weighted by Crippen LogP contribution is -2.16. The van der Waals surface area contributed by atoms with Crippen LogP contribution in [-0.4, -0.2) is 30.3 Å². The molecule has 3 aromatic rings. The molecule has 10 nitrogen and oxygen atoms in total. The second kappa shape index (κ2) is 6.37. The third-order valence-electron chi connectivity index (χ3n) is 3.53. The number of phenols is 2. The number of hydrogen-bond donors (Lipinski definition) is 2. The van der Waals surface area contributed by atoms with Crippen LogP contribution in [0.4, 0.5) is 0 Å². The van der Waals surface area contributed by atoms with E-state index in [2.05, 4.69) is 4.18 Å². The van der Waals surface area contributed by atoms with Gasteiger partial charge in [0.2, 0.25) is 11.2 Å². The van der Waals surface area contributed by atoms with Crippen molar-refractivity contribution in [1.29, 1.82) is 0 Å². The molecule has 2 N–H and O–H groups in total. The Morgan fingerprint density at radius 3 is 2.48 bits per heavy atom. The zero-order valence-electron chi connectivity index (χ0n) is 13.5. The van der Waals surface area contributed by atoms with Gasteiger partial charge in [-0.2, -0.15) is 0 Å². The number of fused-ring (bicyclic) bond motifs is 1. The lowest BCUT2D eigenvalue weighted by molar-refractivity contribution is -0.270. The third-order valence-corrected chi connectivity index (χ3v) is 3.90. The lowest BCUT2D eigenvalue weighted by Gasteiger charge is -2.16. The Bertz CT molecular complexity index is 1210. The van der Waals surface area contributed by atoms with E-state index in [0.29, 0.717) is 0 Å². The van der Waals surface area contributed by atoms with Crippen LogP contribution in [0, 0.1) is 0 Å². The van der Waals surface area contributed by atoms with Gasteiger partial charge in [0.25, 0.3) is 10.4 Å². The molecular formula is C16H10O10S-2. The molecule has 142 valence electrons. The van der Waals surface area contributed by atoms with E-state index in [4.69, 9.17) is 9.15 Å². The minimum atomic E-state index is -5.38. The van der Waals surface area contributed by atoms with E-state index in [1.54, 1.807) is 0 Å². The second-order valence-electron chi connectivity index (χ2n) is 5.28. The van der Waals surface area contributed by atoms with Crippen molar-refractivity contribution < 1.29 is 41.6 Å². The smallest absolute Gasteiger partial charge is 0.262 e. The summed E-state index contributed by atoms with van der Waals surface area (Å²) in [6.45, 7) is 0. The summed E-state index contributed by atoms with van der Waals surface area (Å²) >= 11 is 0. The van der Waals surface area contributed by atoms with Gasteiger partial charge < -0.3 is 33.2 Å². The summed E-state index contributed by atoms with van der Waals surface area (Å²) in [4.78, 5) is 12.6. The molecule has 1 heterocycles. The first-order valence-corrected chi connectivity index (χ1v) is 8.47. The van der Waals surface area contributed by atoms with Crippen molar-refractivity contribution in [2.45, 2.75) is 0 Å². The quantitative estimate of drug-likeness (QED) is 0.476. The molecule has 11 heteroatoms. The first-order valence-electron chi connectivity index (χ1n) is 7.14. The van der Waals surface area contributed by atoms with Gasteiger partial charge in [0.1, 0.15) is 28.2 Å². The molecule has 0 amide bonds. The Morgan fingerprint density at radius 1 is 1.15 bits per heavy atom. The first-order chi connectivity index (χ1) is 12.6. The Labute approximate surface area is 151 Å². The number of benzene rings is 2. The van der Waals surface area contributed by atoms with E-state index in [1.807, 2.05) is 0 Å². The molecule has 0 fully saturated rings. The zero-order chi connectivity index (χ0) is 19.9. The maximum atomic E-state index is 12.6. The van der Waals surface area contributed by atoms with E-state index in [1.165, 1.54) is 13.2 Å². The molecule has 2 aromatic carbocycles. The SMILES string of the molecule is COc1cc(-c2oc3cc(O)cc(O)c3c(=O)c2OS(=O)(=O)[O-])ccc1[O-]. The van der Waals surface area contributed by atoms with Crippen molar-refractivity contribution in [3.8, 4) is 40.1 Å². The van der Waals surface area contributed by atoms with E-state index in [0.717, 1.165) is 24.3 Å². The van der Waals surface area contributed by atoms with Crippen LogP contribution in [0.5, 0.6) is 28.7 Å². The normalized spacial score (nSPS) is 11.5. The molecule has 27 heavy (non-hydrogen) atoms. The van der Waals surface area contributed by atoms with Crippen LogP contribution < -0.4 is 19.5 Å². The summed E-state index contributed by atoms with van der Waals surface area (Å²) in [6, 6.07) is 5.20. The van der Waals surface area contributed by atoms with Crippen LogP contribution in [0.1, 0.15) is 0 Å². The third kappa shape index (κ3) is 3.45. The molecule has 3 rings (SSSR count). The van der Waals surface area contributed by atoms with Crippen molar-refractivity contribution in [3.05, 3.63) is 40.6 Å². The predicted octanol–water partition coefficient (Wildman–Crippen LogP) is 0.792. The monoisotopic (exact) mass is 394 g/mol. The number of ether oxygens (including phenoxy) is 1. The number of aromatic hydroxyl groups is 2. The van der Waals surface area contributed by atoms with Crippen LogP contribution in [0.2, 0.25) is 0 Å². The summed E-state index contributed by atoms with van der Waals surface area (Å²) in [5, 5.41) is 30.6. The average molecular weight is 394 g/mol. The molecule has 0 saturated carbocycles. The van der Waals surface area contributed by atoms with Crippen LogP contribution in [0.15, 0.2) is 39.5 Å². The Balaban J connectivity index is 2.43. The maximum absolute atomic E-state index is 12.6. The van der Waals surface area contributed by atoms with E-state index < -0.39 is 50.0 Å². The van der Waals surface area contributed by atoms with Gasteiger partial charge in [-0.05, 0) is 6.07 Å². The standard InChI is InChI=1S/C16H12O10S/c1-24-11-4-7(2-3-9(11)18)15-16(26-27(21,22)23)14(20)13-10(19)5-8(17)6-12(13)25-15/h2-6,17-19H,1H3,(H,21,22,23)/p-2. The summed E-state index contributed by atoms with van der Waals surface area (Å²) in [5.74, 6) is -3.34. The fourth-order valence-corrected chi connectivity index (χ4v) is 2.80. The van der Waals surface area contributed by atoms with Crippen molar-refractivity contribution in [2.75, 3.05) is 7.11 Å². The van der Waals surface area contributed by atoms with Gasteiger partial charge in [-0.25, -0.2) is 8.42 Å². The molecule has 0 aliphatic rings. The highest BCUT2D eigenvalue weighted by atomic mass is 32.3. The van der Waals surface area contributed by atoms with Gasteiger partial charge in [0, 0.05) is 17.7 Å². The number of rotatable bonds is 4. The van der Waals surface area contributed by atoms with Crippen LogP contribution in [-0.2, 0) is 10.4 Å². The van der Waals surface area contributed by atoms with Crippen LogP contribution in [0.25, 0.3) is 22.3 Å². The predicted molar refractivity (Wildman–Crippen MR) is 87.6 cm³/mol. The zero-order valence-corrected chi connectivity index (χ0v) is 14.3. The van der Waals surface area contributed by atoms with E-state index in [-0.39, 0.29) is 16.9 Å². The molecular weight excluding hydrogens is 384 g/mol. The number of hydrogen-bond acceptors (Lipinski definition) is 10. The fourth-order valence-electron chi connectivity index (χ4n) is 2.44. The van der Waals surface area contributed by atoms with Gasteiger partial charge in [-0.1, -0.05) is 17.9 Å². The topological polar surface area (TPSA) is 169 Å². The largest absolute Gasteiger partial charge is 0.870 e. The summed E-state index contributed by atoms with van der Waals surface area (Å²) in [5.41, 5.74) is -1.51. The Kier molecular flexibility index (Phi) is 4.33. The fraction of sp³-hybridized carbons (Fsp3) is 0.0625. The molecule has 0 unspecified atom stereocenters. The Morgan fingerprint density at radius 2 is 1.85 bits per heavy atom. The average Bonchev–Trinajstić information content (AvgIpc) is 2.56. The summed E-state index contributed by atoms with van der Waals surface area (Å²) < 4.78 is 47.7.